The Morgan fingerprint density at radius 3 is 2.86 bits per heavy atom. The monoisotopic (exact) mass is 490 g/mol. The van der Waals surface area contributed by atoms with Crippen LogP contribution in [0.1, 0.15) is 25.5 Å². The molecule has 6 rings (SSSR count). The largest absolute Gasteiger partial charge is 0.492 e. The van der Waals surface area contributed by atoms with Crippen molar-refractivity contribution in [2.45, 2.75) is 31.7 Å². The molecule has 0 aliphatic carbocycles. The number of urea groups is 1. The number of benzene rings is 1. The molecular formula is C27H34N6O3. The summed E-state index contributed by atoms with van der Waals surface area (Å²) >= 11 is 0. The highest BCUT2D eigenvalue weighted by molar-refractivity contribution is 5.84. The fourth-order valence-corrected chi connectivity index (χ4v) is 5.78. The number of ether oxygens (including phenoxy) is 2. The van der Waals surface area contributed by atoms with Crippen LogP contribution in [0.3, 0.4) is 0 Å². The Hall–Kier alpha value is -3.17. The highest BCUT2D eigenvalue weighted by atomic mass is 16.5. The summed E-state index contributed by atoms with van der Waals surface area (Å²) < 4.78 is 13.6. The van der Waals surface area contributed by atoms with Gasteiger partial charge in [-0.25, -0.2) is 4.79 Å². The van der Waals surface area contributed by atoms with Gasteiger partial charge in [0, 0.05) is 74.1 Å². The summed E-state index contributed by atoms with van der Waals surface area (Å²) in [5.74, 6) is 0.859. The zero-order valence-corrected chi connectivity index (χ0v) is 20.9. The second-order valence-corrected chi connectivity index (χ2v) is 10.1. The zero-order valence-electron chi connectivity index (χ0n) is 20.9. The Kier molecular flexibility index (Phi) is 6.27. The molecule has 2 aromatic heterocycles. The zero-order chi connectivity index (χ0) is 24.5. The van der Waals surface area contributed by atoms with Crippen LogP contribution in [0, 0.1) is 0 Å². The van der Waals surface area contributed by atoms with E-state index in [1.54, 1.807) is 0 Å². The number of amides is 2. The Bertz CT molecular complexity index is 1250. The molecule has 2 amide bonds. The van der Waals surface area contributed by atoms with Crippen LogP contribution >= 0.6 is 0 Å². The molecule has 2 saturated heterocycles. The Labute approximate surface area is 211 Å². The summed E-state index contributed by atoms with van der Waals surface area (Å²) in [5, 5.41) is 8.91. The average molecular weight is 491 g/mol. The van der Waals surface area contributed by atoms with E-state index in [-0.39, 0.29) is 11.4 Å². The quantitative estimate of drug-likeness (QED) is 0.572. The number of pyridine rings is 1. The van der Waals surface area contributed by atoms with Crippen molar-refractivity contribution >= 4 is 16.9 Å². The molecule has 9 heteroatoms. The molecule has 9 nitrogen and oxygen atoms in total. The first kappa shape index (κ1) is 23.2. The molecule has 190 valence electrons. The standard InChI is InChI=1S/C27H34N6O3/c1-2-28-26(34)32-7-5-27(19-32)6-8-33-25(27)17-24(30-33)21-15-20-16-22(3-4-23(20)29-18-21)36-14-11-31-9-12-35-13-10-31/h3-4,15-18H,2,5-14,19H2,1H3,(H,28,34). The van der Waals surface area contributed by atoms with Gasteiger partial charge in [-0.15, -0.1) is 0 Å². The molecule has 1 atom stereocenters. The number of nitrogens with zero attached hydrogens (tertiary/aromatic N) is 5. The van der Waals surface area contributed by atoms with E-state index in [2.05, 4.69) is 33.1 Å². The molecule has 5 heterocycles. The minimum absolute atomic E-state index is 0.00208. The van der Waals surface area contributed by atoms with Gasteiger partial charge in [-0.2, -0.15) is 5.10 Å². The van der Waals surface area contributed by atoms with Gasteiger partial charge in [-0.05, 0) is 50.1 Å². The fourth-order valence-electron chi connectivity index (χ4n) is 5.78. The van der Waals surface area contributed by atoms with E-state index in [4.69, 9.17) is 19.6 Å². The minimum Gasteiger partial charge on any atom is -0.492 e. The van der Waals surface area contributed by atoms with Gasteiger partial charge in [0.1, 0.15) is 12.4 Å². The van der Waals surface area contributed by atoms with Crippen LogP contribution < -0.4 is 10.1 Å². The van der Waals surface area contributed by atoms with E-state index in [9.17, 15) is 4.79 Å². The van der Waals surface area contributed by atoms with Gasteiger partial charge in [0.05, 0.1) is 24.4 Å². The third kappa shape index (κ3) is 4.41. The van der Waals surface area contributed by atoms with Gasteiger partial charge in [-0.3, -0.25) is 14.6 Å². The maximum atomic E-state index is 12.4. The van der Waals surface area contributed by atoms with Crippen LogP contribution in [0.15, 0.2) is 36.5 Å². The second-order valence-electron chi connectivity index (χ2n) is 10.1. The second kappa shape index (κ2) is 9.71. The van der Waals surface area contributed by atoms with Crippen LogP contribution in [0.4, 0.5) is 4.79 Å². The van der Waals surface area contributed by atoms with Gasteiger partial charge in [0.15, 0.2) is 0 Å². The first-order chi connectivity index (χ1) is 17.6. The fraction of sp³-hybridized carbons (Fsp3) is 0.519. The summed E-state index contributed by atoms with van der Waals surface area (Å²) in [4.78, 5) is 21.4. The van der Waals surface area contributed by atoms with Crippen molar-refractivity contribution in [2.75, 3.05) is 59.1 Å². The van der Waals surface area contributed by atoms with Crippen molar-refractivity contribution < 1.29 is 14.3 Å². The Morgan fingerprint density at radius 2 is 2.00 bits per heavy atom. The predicted molar refractivity (Wildman–Crippen MR) is 137 cm³/mol. The van der Waals surface area contributed by atoms with Crippen molar-refractivity contribution in [3.8, 4) is 17.0 Å². The van der Waals surface area contributed by atoms with Crippen LogP contribution in [-0.4, -0.2) is 89.7 Å². The van der Waals surface area contributed by atoms with Gasteiger partial charge in [0.2, 0.25) is 0 Å². The van der Waals surface area contributed by atoms with E-state index >= 15 is 0 Å². The van der Waals surface area contributed by atoms with Gasteiger partial charge >= 0.3 is 6.03 Å². The molecule has 0 saturated carbocycles. The summed E-state index contributed by atoms with van der Waals surface area (Å²) in [5.41, 5.74) is 4.12. The number of hydrogen-bond acceptors (Lipinski definition) is 6. The van der Waals surface area contributed by atoms with Crippen molar-refractivity contribution in [2.24, 2.45) is 0 Å². The third-order valence-electron chi connectivity index (χ3n) is 7.82. The lowest BCUT2D eigenvalue weighted by molar-refractivity contribution is 0.0322. The highest BCUT2D eigenvalue weighted by Gasteiger charge is 2.46. The number of carbonyl (C=O) groups excluding carboxylic acids is 1. The third-order valence-corrected chi connectivity index (χ3v) is 7.82. The summed E-state index contributed by atoms with van der Waals surface area (Å²) in [6.07, 6.45) is 3.92. The molecule has 3 aliphatic rings. The van der Waals surface area contributed by atoms with E-state index in [1.165, 1.54) is 5.69 Å². The van der Waals surface area contributed by atoms with Crippen molar-refractivity contribution in [3.05, 3.63) is 42.2 Å². The van der Waals surface area contributed by atoms with E-state index < -0.39 is 0 Å². The summed E-state index contributed by atoms with van der Waals surface area (Å²) in [7, 11) is 0. The molecule has 3 aliphatic heterocycles. The molecule has 0 bridgehead atoms. The smallest absolute Gasteiger partial charge is 0.317 e. The van der Waals surface area contributed by atoms with Crippen molar-refractivity contribution in [1.29, 1.82) is 0 Å². The normalized spacial score (nSPS) is 21.9. The lowest BCUT2D eigenvalue weighted by Crippen LogP contribution is -2.40. The van der Waals surface area contributed by atoms with Crippen LogP contribution in [0.5, 0.6) is 5.75 Å². The predicted octanol–water partition coefficient (Wildman–Crippen LogP) is 2.89. The number of morpholine rings is 1. The molecule has 1 spiro atoms. The SMILES string of the molecule is CCNC(=O)N1CCC2(CCn3nc(-c4cnc5ccc(OCCN6CCOCC6)cc5c4)cc32)C1. The number of fused-ring (bicyclic) bond motifs is 3. The number of rotatable bonds is 6. The molecule has 1 aromatic carbocycles. The summed E-state index contributed by atoms with van der Waals surface area (Å²) in [6, 6.07) is 10.5. The Balaban J connectivity index is 1.18. The number of aryl methyl sites for hydroxylation is 1. The van der Waals surface area contributed by atoms with Gasteiger partial charge in [-0.1, -0.05) is 0 Å². The van der Waals surface area contributed by atoms with E-state index in [0.29, 0.717) is 13.2 Å². The highest BCUT2D eigenvalue weighted by Crippen LogP contribution is 2.43. The molecular weight excluding hydrogens is 456 g/mol. The minimum atomic E-state index is 0.00208. The number of aromatic nitrogens is 3. The number of carbonyl (C=O) groups is 1. The lowest BCUT2D eigenvalue weighted by atomic mass is 9.82. The van der Waals surface area contributed by atoms with Crippen molar-refractivity contribution in [1.82, 2.24) is 29.9 Å². The maximum absolute atomic E-state index is 12.4. The van der Waals surface area contributed by atoms with Gasteiger partial charge < -0.3 is 19.7 Å². The molecule has 36 heavy (non-hydrogen) atoms. The molecule has 0 radical (unpaired) electrons. The van der Waals surface area contributed by atoms with E-state index in [1.807, 2.05) is 30.2 Å². The molecule has 2 fully saturated rings. The topological polar surface area (TPSA) is 84.8 Å². The Morgan fingerprint density at radius 1 is 1.14 bits per heavy atom. The lowest BCUT2D eigenvalue weighted by Gasteiger charge is -2.26. The van der Waals surface area contributed by atoms with Crippen LogP contribution in [0.2, 0.25) is 0 Å². The number of likely N-dealkylation sites (tertiary alicyclic amines) is 1. The molecule has 3 aromatic rings. The van der Waals surface area contributed by atoms with E-state index in [0.717, 1.165) is 93.2 Å². The first-order valence-electron chi connectivity index (χ1n) is 13.1. The number of nitrogens with one attached hydrogen (secondary N) is 1. The molecule has 1 N–H and O–H groups in total. The molecule has 1 unspecified atom stereocenters. The first-order valence-corrected chi connectivity index (χ1v) is 13.1. The van der Waals surface area contributed by atoms with Crippen LogP contribution in [-0.2, 0) is 16.7 Å². The van der Waals surface area contributed by atoms with Crippen LogP contribution in [0.25, 0.3) is 22.2 Å². The average Bonchev–Trinajstić information content (AvgIpc) is 3.61. The van der Waals surface area contributed by atoms with Gasteiger partial charge in [0.25, 0.3) is 0 Å². The summed E-state index contributed by atoms with van der Waals surface area (Å²) in [6.45, 7) is 10.1. The maximum Gasteiger partial charge on any atom is 0.317 e. The van der Waals surface area contributed by atoms with Crippen molar-refractivity contribution in [3.63, 3.8) is 0 Å². The number of hydrogen-bond donors (Lipinski definition) is 1.